The fourth-order valence-corrected chi connectivity index (χ4v) is 0.744. The molecule has 0 aliphatic heterocycles. The summed E-state index contributed by atoms with van der Waals surface area (Å²) in [6.45, 7) is 4.21. The summed E-state index contributed by atoms with van der Waals surface area (Å²) in [4.78, 5) is 0. The van der Waals surface area contributed by atoms with Gasteiger partial charge in [-0.25, -0.2) is 0 Å². The van der Waals surface area contributed by atoms with E-state index in [1.165, 1.54) is 0 Å². The summed E-state index contributed by atoms with van der Waals surface area (Å²) >= 11 is 0. The van der Waals surface area contributed by atoms with Gasteiger partial charge in [-0.3, -0.25) is 0 Å². The molecule has 0 radical (unpaired) electrons. The number of nitrogens with zero attached hydrogens (tertiary/aromatic N) is 2. The molecule has 11 heavy (non-hydrogen) atoms. The van der Waals surface area contributed by atoms with E-state index in [1.807, 2.05) is 0 Å². The van der Waals surface area contributed by atoms with Gasteiger partial charge in [-0.1, -0.05) is 20.3 Å². The van der Waals surface area contributed by atoms with Gasteiger partial charge in [0, 0.05) is 6.21 Å². The predicted molar refractivity (Wildman–Crippen MR) is 48.4 cm³/mol. The minimum atomic E-state index is 0.00458. The van der Waals surface area contributed by atoms with E-state index in [-0.39, 0.29) is 5.96 Å². The van der Waals surface area contributed by atoms with Crippen LogP contribution in [-0.4, -0.2) is 12.2 Å². The number of hydrogen-bond acceptors (Lipinski definition) is 2. The third kappa shape index (κ3) is 6.83. The molecule has 4 N–H and O–H groups in total. The third-order valence-electron chi connectivity index (χ3n) is 1.24. The van der Waals surface area contributed by atoms with Crippen LogP contribution >= 0.6 is 0 Å². The van der Waals surface area contributed by atoms with Gasteiger partial charge in [0.25, 0.3) is 0 Å². The Bertz CT molecular complexity index is 147. The van der Waals surface area contributed by atoms with Crippen LogP contribution in [0.25, 0.3) is 0 Å². The molecule has 0 amide bonds. The quantitative estimate of drug-likeness (QED) is 0.357. The second-order valence-electron chi connectivity index (χ2n) is 2.56. The maximum atomic E-state index is 5.07. The Morgan fingerprint density at radius 2 is 2.18 bits per heavy atom. The fourth-order valence-electron chi connectivity index (χ4n) is 0.744. The van der Waals surface area contributed by atoms with Crippen LogP contribution in [0.1, 0.15) is 26.7 Å². The van der Waals surface area contributed by atoms with E-state index in [0.29, 0.717) is 5.92 Å². The van der Waals surface area contributed by atoms with E-state index in [1.54, 1.807) is 6.21 Å². The lowest BCUT2D eigenvalue weighted by Gasteiger charge is -1.98. The highest BCUT2D eigenvalue weighted by molar-refractivity contribution is 5.76. The van der Waals surface area contributed by atoms with Crippen molar-refractivity contribution in [3.63, 3.8) is 0 Å². The van der Waals surface area contributed by atoms with Crippen LogP contribution in [0, 0.1) is 5.92 Å². The molecule has 0 saturated carbocycles. The van der Waals surface area contributed by atoms with Crippen molar-refractivity contribution >= 4 is 12.2 Å². The summed E-state index contributed by atoms with van der Waals surface area (Å²) in [5.74, 6) is 0.452. The van der Waals surface area contributed by atoms with E-state index < -0.39 is 0 Å². The molecule has 0 aliphatic carbocycles. The van der Waals surface area contributed by atoms with Gasteiger partial charge in [-0.15, -0.1) is 5.10 Å². The van der Waals surface area contributed by atoms with E-state index in [9.17, 15) is 0 Å². The van der Waals surface area contributed by atoms with Crippen LogP contribution in [0.3, 0.4) is 0 Å². The Morgan fingerprint density at radius 1 is 1.55 bits per heavy atom. The SMILES string of the molecule is CCCC(C)/C=N/N=C(N)N. The van der Waals surface area contributed by atoms with Crippen molar-refractivity contribution in [2.45, 2.75) is 26.7 Å². The highest BCUT2D eigenvalue weighted by Gasteiger charge is 1.93. The molecule has 0 saturated heterocycles. The van der Waals surface area contributed by atoms with E-state index in [0.717, 1.165) is 12.8 Å². The Labute approximate surface area is 67.4 Å². The standard InChI is InChI=1S/C7H16N4/c1-3-4-6(2)5-10-11-7(8)9/h5-6H,3-4H2,1-2H3,(H4,8,9,11)/b10-5+. The minimum Gasteiger partial charge on any atom is -0.369 e. The molecule has 1 unspecified atom stereocenters. The van der Waals surface area contributed by atoms with Crippen molar-refractivity contribution in [2.75, 3.05) is 0 Å². The molecule has 0 aromatic rings. The number of rotatable bonds is 4. The predicted octanol–water partition coefficient (Wildman–Crippen LogP) is 0.682. The lowest BCUT2D eigenvalue weighted by molar-refractivity contribution is 0.676. The number of hydrogen-bond donors (Lipinski definition) is 2. The average Bonchev–Trinajstić information content (AvgIpc) is 1.87. The van der Waals surface area contributed by atoms with Crippen molar-refractivity contribution in [2.24, 2.45) is 27.6 Å². The van der Waals surface area contributed by atoms with Crippen LogP contribution in [0.15, 0.2) is 10.2 Å². The minimum absolute atomic E-state index is 0.00458. The first-order valence-corrected chi connectivity index (χ1v) is 3.79. The van der Waals surface area contributed by atoms with Gasteiger partial charge in [-0.2, -0.15) is 5.10 Å². The van der Waals surface area contributed by atoms with Gasteiger partial charge in [0.05, 0.1) is 0 Å². The van der Waals surface area contributed by atoms with Crippen LogP contribution in [0.5, 0.6) is 0 Å². The lowest BCUT2D eigenvalue weighted by Crippen LogP contribution is -2.21. The first-order chi connectivity index (χ1) is 5.16. The van der Waals surface area contributed by atoms with Crippen molar-refractivity contribution in [1.82, 2.24) is 0 Å². The fraction of sp³-hybridized carbons (Fsp3) is 0.714. The molecule has 0 rings (SSSR count). The molecule has 4 heteroatoms. The molecular formula is C7H16N4. The normalized spacial score (nSPS) is 13.3. The second kappa shape index (κ2) is 5.70. The third-order valence-corrected chi connectivity index (χ3v) is 1.24. The van der Waals surface area contributed by atoms with E-state index >= 15 is 0 Å². The van der Waals surface area contributed by atoms with Crippen LogP contribution in [0.2, 0.25) is 0 Å². The average molecular weight is 156 g/mol. The zero-order chi connectivity index (χ0) is 8.69. The molecule has 0 aromatic heterocycles. The van der Waals surface area contributed by atoms with Crippen molar-refractivity contribution < 1.29 is 0 Å². The van der Waals surface area contributed by atoms with Gasteiger partial charge in [0.15, 0.2) is 0 Å². The summed E-state index contributed by atoms with van der Waals surface area (Å²) in [6, 6.07) is 0. The maximum absolute atomic E-state index is 5.07. The second-order valence-corrected chi connectivity index (χ2v) is 2.56. The highest BCUT2D eigenvalue weighted by atomic mass is 15.3. The van der Waals surface area contributed by atoms with Crippen LogP contribution in [-0.2, 0) is 0 Å². The lowest BCUT2D eigenvalue weighted by atomic mass is 10.1. The van der Waals surface area contributed by atoms with Crippen molar-refractivity contribution in [3.8, 4) is 0 Å². The van der Waals surface area contributed by atoms with Gasteiger partial charge in [0.2, 0.25) is 5.96 Å². The molecule has 0 aliphatic rings. The summed E-state index contributed by atoms with van der Waals surface area (Å²) < 4.78 is 0. The zero-order valence-electron chi connectivity index (χ0n) is 7.12. The molecule has 4 nitrogen and oxygen atoms in total. The Balaban J connectivity index is 3.64. The first kappa shape index (κ1) is 9.94. The molecule has 0 fully saturated rings. The molecule has 0 aromatic carbocycles. The Morgan fingerprint density at radius 3 is 2.64 bits per heavy atom. The summed E-state index contributed by atoms with van der Waals surface area (Å²) in [7, 11) is 0. The summed E-state index contributed by atoms with van der Waals surface area (Å²) in [6.07, 6.45) is 4.02. The van der Waals surface area contributed by atoms with E-state index in [4.69, 9.17) is 11.5 Å². The molecule has 0 spiro atoms. The number of guanidine groups is 1. The number of nitrogens with two attached hydrogens (primary N) is 2. The molecular weight excluding hydrogens is 140 g/mol. The van der Waals surface area contributed by atoms with E-state index in [2.05, 4.69) is 24.1 Å². The van der Waals surface area contributed by atoms with Crippen LogP contribution in [0.4, 0.5) is 0 Å². The summed E-state index contributed by atoms with van der Waals surface area (Å²) in [5, 5.41) is 7.19. The van der Waals surface area contributed by atoms with Gasteiger partial charge in [0.1, 0.15) is 0 Å². The first-order valence-electron chi connectivity index (χ1n) is 3.79. The smallest absolute Gasteiger partial charge is 0.211 e. The van der Waals surface area contributed by atoms with Gasteiger partial charge in [-0.05, 0) is 12.3 Å². The van der Waals surface area contributed by atoms with Crippen molar-refractivity contribution in [1.29, 1.82) is 0 Å². The van der Waals surface area contributed by atoms with Crippen molar-refractivity contribution in [3.05, 3.63) is 0 Å². The van der Waals surface area contributed by atoms with Gasteiger partial charge < -0.3 is 11.5 Å². The van der Waals surface area contributed by atoms with Gasteiger partial charge >= 0.3 is 0 Å². The molecule has 64 valence electrons. The molecule has 0 heterocycles. The topological polar surface area (TPSA) is 76.8 Å². The summed E-state index contributed by atoms with van der Waals surface area (Å²) in [5.41, 5.74) is 10.1. The highest BCUT2D eigenvalue weighted by Crippen LogP contribution is 2.00. The largest absolute Gasteiger partial charge is 0.369 e. The Kier molecular flexibility index (Phi) is 5.15. The Hall–Kier alpha value is -1.06. The molecule has 1 atom stereocenters. The zero-order valence-corrected chi connectivity index (χ0v) is 7.12. The monoisotopic (exact) mass is 156 g/mol. The van der Waals surface area contributed by atoms with Crippen LogP contribution < -0.4 is 11.5 Å². The molecule has 0 bridgehead atoms. The maximum Gasteiger partial charge on any atom is 0.211 e.